The van der Waals surface area contributed by atoms with Crippen LogP contribution in [0.5, 0.6) is 0 Å². The van der Waals surface area contributed by atoms with Crippen molar-refractivity contribution in [1.82, 2.24) is 24.5 Å². The van der Waals surface area contributed by atoms with Crippen molar-refractivity contribution >= 4 is 0 Å². The molecule has 0 aliphatic carbocycles. The van der Waals surface area contributed by atoms with Gasteiger partial charge in [0.2, 0.25) is 0 Å². The monoisotopic (exact) mass is 309 g/mol. The van der Waals surface area contributed by atoms with Crippen molar-refractivity contribution in [2.24, 2.45) is 7.05 Å². The normalized spacial score (nSPS) is 11.1. The van der Waals surface area contributed by atoms with Crippen molar-refractivity contribution in [1.29, 1.82) is 0 Å². The average Bonchev–Trinajstić information content (AvgIpc) is 3.00. The highest BCUT2D eigenvalue weighted by atomic mass is 16.1. The number of hydrogen-bond donors (Lipinski definition) is 0. The molecule has 0 radical (unpaired) electrons. The molecule has 0 aliphatic rings. The zero-order valence-corrected chi connectivity index (χ0v) is 13.3. The Morgan fingerprint density at radius 2 is 1.91 bits per heavy atom. The molecule has 2 aromatic heterocycles. The SMILES string of the molecule is CN(Cc1ccn(C)c(=O)c1)Cc1cnn(-c2ccccc2)n1. The van der Waals surface area contributed by atoms with Crippen LogP contribution < -0.4 is 5.56 Å². The molecule has 1 aromatic carbocycles. The largest absolute Gasteiger partial charge is 0.319 e. The Morgan fingerprint density at radius 3 is 2.65 bits per heavy atom. The van der Waals surface area contributed by atoms with Crippen LogP contribution in [-0.4, -0.2) is 31.5 Å². The minimum Gasteiger partial charge on any atom is -0.319 e. The zero-order valence-electron chi connectivity index (χ0n) is 13.3. The van der Waals surface area contributed by atoms with Gasteiger partial charge < -0.3 is 4.57 Å². The van der Waals surface area contributed by atoms with E-state index in [9.17, 15) is 4.79 Å². The first-order valence-electron chi connectivity index (χ1n) is 7.42. The second-order valence-corrected chi connectivity index (χ2v) is 5.62. The zero-order chi connectivity index (χ0) is 16.2. The van der Waals surface area contributed by atoms with Gasteiger partial charge in [-0.05, 0) is 30.8 Å². The molecule has 3 rings (SSSR count). The van der Waals surface area contributed by atoms with Gasteiger partial charge in [-0.25, -0.2) is 0 Å². The van der Waals surface area contributed by atoms with Gasteiger partial charge >= 0.3 is 0 Å². The predicted octanol–water partition coefficient (Wildman–Crippen LogP) is 1.60. The van der Waals surface area contributed by atoms with Crippen molar-refractivity contribution in [3.63, 3.8) is 0 Å². The molecular weight excluding hydrogens is 290 g/mol. The fourth-order valence-electron chi connectivity index (χ4n) is 2.38. The van der Waals surface area contributed by atoms with E-state index < -0.39 is 0 Å². The molecule has 2 heterocycles. The van der Waals surface area contributed by atoms with E-state index in [4.69, 9.17) is 0 Å². The Morgan fingerprint density at radius 1 is 1.13 bits per heavy atom. The van der Waals surface area contributed by atoms with Crippen LogP contribution in [0.3, 0.4) is 0 Å². The molecule has 0 saturated carbocycles. The number of aromatic nitrogens is 4. The van der Waals surface area contributed by atoms with E-state index in [0.29, 0.717) is 13.1 Å². The smallest absolute Gasteiger partial charge is 0.250 e. The van der Waals surface area contributed by atoms with E-state index in [1.54, 1.807) is 34.9 Å². The number of rotatable bonds is 5. The first kappa shape index (κ1) is 15.2. The minimum absolute atomic E-state index is 0.00548. The Kier molecular flexibility index (Phi) is 4.34. The minimum atomic E-state index is 0.00548. The highest BCUT2D eigenvalue weighted by Gasteiger charge is 2.07. The highest BCUT2D eigenvalue weighted by Crippen LogP contribution is 2.07. The Balaban J connectivity index is 1.66. The summed E-state index contributed by atoms with van der Waals surface area (Å²) in [5.41, 5.74) is 2.82. The highest BCUT2D eigenvalue weighted by molar-refractivity contribution is 5.28. The summed E-state index contributed by atoms with van der Waals surface area (Å²) >= 11 is 0. The summed E-state index contributed by atoms with van der Waals surface area (Å²) in [6.07, 6.45) is 3.56. The van der Waals surface area contributed by atoms with Crippen molar-refractivity contribution in [3.8, 4) is 5.69 Å². The first-order valence-corrected chi connectivity index (χ1v) is 7.42. The number of pyridine rings is 1. The van der Waals surface area contributed by atoms with Crippen LogP contribution in [0.4, 0.5) is 0 Å². The molecule has 0 unspecified atom stereocenters. The maximum Gasteiger partial charge on any atom is 0.250 e. The number of aryl methyl sites for hydroxylation is 1. The maximum atomic E-state index is 11.7. The van der Waals surface area contributed by atoms with Crippen molar-refractivity contribution < 1.29 is 0 Å². The van der Waals surface area contributed by atoms with E-state index in [-0.39, 0.29) is 5.56 Å². The van der Waals surface area contributed by atoms with Crippen LogP contribution in [0.15, 0.2) is 59.7 Å². The fourth-order valence-corrected chi connectivity index (χ4v) is 2.38. The van der Waals surface area contributed by atoms with E-state index >= 15 is 0 Å². The van der Waals surface area contributed by atoms with E-state index in [0.717, 1.165) is 16.9 Å². The summed E-state index contributed by atoms with van der Waals surface area (Å²) in [7, 11) is 3.75. The lowest BCUT2D eigenvalue weighted by molar-refractivity contribution is 0.314. The summed E-state index contributed by atoms with van der Waals surface area (Å²) in [6, 6.07) is 13.4. The topological polar surface area (TPSA) is 56.0 Å². The van der Waals surface area contributed by atoms with Gasteiger partial charge in [-0.15, -0.1) is 0 Å². The molecule has 0 fully saturated rings. The van der Waals surface area contributed by atoms with Crippen LogP contribution in [-0.2, 0) is 20.1 Å². The van der Waals surface area contributed by atoms with Gasteiger partial charge in [-0.1, -0.05) is 18.2 Å². The number of benzene rings is 1. The second kappa shape index (κ2) is 6.58. The molecule has 0 saturated heterocycles. The van der Waals surface area contributed by atoms with Crippen LogP contribution in [0.2, 0.25) is 0 Å². The lowest BCUT2D eigenvalue weighted by atomic mass is 10.2. The quantitative estimate of drug-likeness (QED) is 0.718. The summed E-state index contributed by atoms with van der Waals surface area (Å²) in [5.74, 6) is 0. The molecule has 118 valence electrons. The fraction of sp³-hybridized carbons (Fsp3) is 0.235. The van der Waals surface area contributed by atoms with Crippen LogP contribution >= 0.6 is 0 Å². The van der Waals surface area contributed by atoms with Crippen LogP contribution in [0, 0.1) is 0 Å². The summed E-state index contributed by atoms with van der Waals surface area (Å²) < 4.78 is 1.56. The second-order valence-electron chi connectivity index (χ2n) is 5.62. The predicted molar refractivity (Wildman–Crippen MR) is 88.2 cm³/mol. The Labute approximate surface area is 134 Å². The summed E-state index contributed by atoms with van der Waals surface area (Å²) in [4.78, 5) is 15.4. The standard InChI is InChI=1S/C17H19N5O/c1-20(12-14-8-9-21(2)17(23)10-14)13-15-11-18-22(19-15)16-6-4-3-5-7-16/h3-11H,12-13H2,1-2H3. The van der Waals surface area contributed by atoms with Crippen molar-refractivity contribution in [2.45, 2.75) is 13.1 Å². The molecule has 0 bridgehead atoms. The lowest BCUT2D eigenvalue weighted by Crippen LogP contribution is -2.21. The van der Waals surface area contributed by atoms with Gasteiger partial charge in [0.05, 0.1) is 17.6 Å². The Hall–Kier alpha value is -2.73. The van der Waals surface area contributed by atoms with Gasteiger partial charge in [0.25, 0.3) is 5.56 Å². The third-order valence-corrected chi connectivity index (χ3v) is 3.58. The molecule has 0 amide bonds. The maximum absolute atomic E-state index is 11.7. The molecular formula is C17H19N5O. The molecule has 3 aromatic rings. The summed E-state index contributed by atoms with van der Waals surface area (Å²) in [5, 5.41) is 8.79. The van der Waals surface area contributed by atoms with E-state index in [1.165, 1.54) is 0 Å². The van der Waals surface area contributed by atoms with Crippen LogP contribution in [0.1, 0.15) is 11.3 Å². The van der Waals surface area contributed by atoms with E-state index in [2.05, 4.69) is 15.1 Å². The van der Waals surface area contributed by atoms with Crippen molar-refractivity contribution in [3.05, 3.63) is 76.5 Å². The third-order valence-electron chi connectivity index (χ3n) is 3.58. The molecule has 6 heteroatoms. The number of nitrogens with zero attached hydrogens (tertiary/aromatic N) is 5. The summed E-state index contributed by atoms with van der Waals surface area (Å²) in [6.45, 7) is 1.36. The lowest BCUT2D eigenvalue weighted by Gasteiger charge is -2.15. The first-order chi connectivity index (χ1) is 11.1. The molecule has 0 N–H and O–H groups in total. The van der Waals surface area contributed by atoms with Gasteiger partial charge in [0.15, 0.2) is 0 Å². The number of para-hydroxylation sites is 1. The molecule has 6 nitrogen and oxygen atoms in total. The molecule has 0 atom stereocenters. The third kappa shape index (κ3) is 3.73. The molecule has 23 heavy (non-hydrogen) atoms. The Bertz CT molecular complexity index is 837. The van der Waals surface area contributed by atoms with Gasteiger partial charge in [-0.3, -0.25) is 9.69 Å². The van der Waals surface area contributed by atoms with E-state index in [1.807, 2.05) is 43.4 Å². The van der Waals surface area contributed by atoms with Gasteiger partial charge in [0.1, 0.15) is 0 Å². The molecule has 0 spiro atoms. The molecule has 0 aliphatic heterocycles. The average molecular weight is 309 g/mol. The number of hydrogen-bond acceptors (Lipinski definition) is 4. The van der Waals surface area contributed by atoms with Crippen molar-refractivity contribution in [2.75, 3.05) is 7.05 Å². The van der Waals surface area contributed by atoms with Crippen LogP contribution in [0.25, 0.3) is 5.69 Å². The van der Waals surface area contributed by atoms with Gasteiger partial charge in [0, 0.05) is 32.4 Å². The van der Waals surface area contributed by atoms with Gasteiger partial charge in [-0.2, -0.15) is 15.0 Å².